The van der Waals surface area contributed by atoms with E-state index in [0.717, 1.165) is 19.4 Å². The lowest BCUT2D eigenvalue weighted by molar-refractivity contribution is 0.474. The van der Waals surface area contributed by atoms with Gasteiger partial charge in [-0.2, -0.15) is 5.10 Å². The standard InChI is InChI=1S/C17H25N3/c1-14(2)20-10-9-17(19-20)12-16(13-18-3)11-15-7-5-4-6-8-15/h4-10,14,16,18H,11-13H2,1-3H3. The Hall–Kier alpha value is -1.61. The predicted molar refractivity (Wildman–Crippen MR) is 83.9 cm³/mol. The first-order valence-corrected chi connectivity index (χ1v) is 7.41. The lowest BCUT2D eigenvalue weighted by Crippen LogP contribution is -2.23. The van der Waals surface area contributed by atoms with Crippen molar-refractivity contribution in [2.75, 3.05) is 13.6 Å². The molecule has 2 rings (SSSR count). The quantitative estimate of drug-likeness (QED) is 0.838. The molecule has 0 fully saturated rings. The van der Waals surface area contributed by atoms with Gasteiger partial charge in [0.25, 0.3) is 0 Å². The summed E-state index contributed by atoms with van der Waals surface area (Å²) in [6.45, 7) is 5.33. The molecule has 3 nitrogen and oxygen atoms in total. The van der Waals surface area contributed by atoms with Gasteiger partial charge in [0.15, 0.2) is 0 Å². The van der Waals surface area contributed by atoms with Crippen molar-refractivity contribution in [1.82, 2.24) is 15.1 Å². The molecule has 108 valence electrons. The first-order chi connectivity index (χ1) is 9.69. The summed E-state index contributed by atoms with van der Waals surface area (Å²) in [5.41, 5.74) is 2.59. The van der Waals surface area contributed by atoms with Gasteiger partial charge in [-0.25, -0.2) is 0 Å². The van der Waals surface area contributed by atoms with Gasteiger partial charge in [0.2, 0.25) is 0 Å². The van der Waals surface area contributed by atoms with Crippen LogP contribution in [0.25, 0.3) is 0 Å². The molecule has 1 atom stereocenters. The van der Waals surface area contributed by atoms with E-state index in [2.05, 4.69) is 66.9 Å². The van der Waals surface area contributed by atoms with Gasteiger partial charge in [-0.05, 0) is 57.8 Å². The smallest absolute Gasteiger partial charge is 0.0628 e. The molecule has 1 aromatic heterocycles. The Labute approximate surface area is 122 Å². The van der Waals surface area contributed by atoms with Crippen LogP contribution in [-0.2, 0) is 12.8 Å². The van der Waals surface area contributed by atoms with E-state index in [1.165, 1.54) is 11.3 Å². The molecule has 0 saturated heterocycles. The van der Waals surface area contributed by atoms with E-state index in [1.54, 1.807) is 0 Å². The lowest BCUT2D eigenvalue weighted by Gasteiger charge is -2.15. The third-order valence-corrected chi connectivity index (χ3v) is 3.55. The predicted octanol–water partition coefficient (Wildman–Crippen LogP) is 3.08. The minimum atomic E-state index is 0.431. The van der Waals surface area contributed by atoms with Crippen LogP contribution in [0.1, 0.15) is 31.1 Å². The van der Waals surface area contributed by atoms with E-state index in [0.29, 0.717) is 12.0 Å². The van der Waals surface area contributed by atoms with Gasteiger partial charge >= 0.3 is 0 Å². The van der Waals surface area contributed by atoms with Crippen molar-refractivity contribution in [3.05, 3.63) is 53.9 Å². The number of benzene rings is 1. The van der Waals surface area contributed by atoms with Crippen LogP contribution >= 0.6 is 0 Å². The molecule has 0 spiro atoms. The van der Waals surface area contributed by atoms with Crippen LogP contribution < -0.4 is 5.32 Å². The third-order valence-electron chi connectivity index (χ3n) is 3.55. The van der Waals surface area contributed by atoms with Gasteiger partial charge in [-0.1, -0.05) is 30.3 Å². The fourth-order valence-corrected chi connectivity index (χ4v) is 2.52. The summed E-state index contributed by atoms with van der Waals surface area (Å²) in [6, 6.07) is 13.3. The maximum Gasteiger partial charge on any atom is 0.0628 e. The maximum absolute atomic E-state index is 4.66. The Balaban J connectivity index is 2.01. The van der Waals surface area contributed by atoms with Crippen LogP contribution in [0.5, 0.6) is 0 Å². The fourth-order valence-electron chi connectivity index (χ4n) is 2.52. The molecule has 0 bridgehead atoms. The van der Waals surface area contributed by atoms with Crippen molar-refractivity contribution < 1.29 is 0 Å². The second kappa shape index (κ2) is 7.25. The van der Waals surface area contributed by atoms with Crippen molar-refractivity contribution in [1.29, 1.82) is 0 Å². The van der Waals surface area contributed by atoms with Crippen LogP contribution in [-0.4, -0.2) is 23.4 Å². The summed E-state index contributed by atoms with van der Waals surface area (Å²) < 4.78 is 2.04. The van der Waals surface area contributed by atoms with E-state index in [4.69, 9.17) is 0 Å². The van der Waals surface area contributed by atoms with E-state index >= 15 is 0 Å². The van der Waals surface area contributed by atoms with E-state index in [-0.39, 0.29) is 0 Å². The Bertz CT molecular complexity index is 502. The monoisotopic (exact) mass is 271 g/mol. The number of hydrogen-bond donors (Lipinski definition) is 1. The second-order valence-corrected chi connectivity index (χ2v) is 5.70. The van der Waals surface area contributed by atoms with Crippen LogP contribution in [0.15, 0.2) is 42.6 Å². The number of aromatic nitrogens is 2. The van der Waals surface area contributed by atoms with E-state index < -0.39 is 0 Å². The van der Waals surface area contributed by atoms with Gasteiger partial charge in [-0.15, -0.1) is 0 Å². The van der Waals surface area contributed by atoms with Gasteiger partial charge in [0.05, 0.1) is 5.69 Å². The largest absolute Gasteiger partial charge is 0.319 e. The maximum atomic E-state index is 4.66. The van der Waals surface area contributed by atoms with Crippen molar-refractivity contribution in [3.63, 3.8) is 0 Å². The summed E-state index contributed by atoms with van der Waals surface area (Å²) >= 11 is 0. The highest BCUT2D eigenvalue weighted by molar-refractivity contribution is 5.16. The zero-order chi connectivity index (χ0) is 14.4. The Kier molecular flexibility index (Phi) is 5.36. The zero-order valence-corrected chi connectivity index (χ0v) is 12.7. The summed E-state index contributed by atoms with van der Waals surface area (Å²) in [7, 11) is 2.02. The number of hydrogen-bond acceptors (Lipinski definition) is 2. The third kappa shape index (κ3) is 4.20. The molecule has 0 amide bonds. The normalized spacial score (nSPS) is 12.8. The molecule has 1 aromatic carbocycles. The number of rotatable bonds is 7. The van der Waals surface area contributed by atoms with E-state index in [1.807, 2.05) is 11.7 Å². The highest BCUT2D eigenvalue weighted by atomic mass is 15.3. The Morgan fingerprint density at radius 2 is 1.85 bits per heavy atom. The van der Waals surface area contributed by atoms with Crippen molar-refractivity contribution in [3.8, 4) is 0 Å². The molecular formula is C17H25N3. The first kappa shape index (κ1) is 14.8. The Morgan fingerprint density at radius 3 is 2.45 bits per heavy atom. The molecule has 0 aliphatic rings. The molecular weight excluding hydrogens is 246 g/mol. The minimum Gasteiger partial charge on any atom is -0.319 e. The van der Waals surface area contributed by atoms with Crippen LogP contribution in [0, 0.1) is 5.92 Å². The van der Waals surface area contributed by atoms with Crippen molar-refractivity contribution >= 4 is 0 Å². The topological polar surface area (TPSA) is 29.9 Å². The van der Waals surface area contributed by atoms with Gasteiger partial charge in [0.1, 0.15) is 0 Å². The summed E-state index contributed by atoms with van der Waals surface area (Å²) in [4.78, 5) is 0. The van der Waals surface area contributed by atoms with Crippen LogP contribution in [0.4, 0.5) is 0 Å². The van der Waals surface area contributed by atoms with Crippen LogP contribution in [0.3, 0.4) is 0 Å². The number of nitrogens with zero attached hydrogens (tertiary/aromatic N) is 2. The SMILES string of the molecule is CNCC(Cc1ccccc1)Cc1ccn(C(C)C)n1. The highest BCUT2D eigenvalue weighted by Gasteiger charge is 2.12. The number of nitrogens with one attached hydrogen (secondary N) is 1. The molecule has 0 saturated carbocycles. The van der Waals surface area contributed by atoms with Gasteiger partial charge in [0, 0.05) is 12.2 Å². The minimum absolute atomic E-state index is 0.431. The first-order valence-electron chi connectivity index (χ1n) is 7.41. The fraction of sp³-hybridized carbons (Fsp3) is 0.471. The molecule has 1 heterocycles. The zero-order valence-electron chi connectivity index (χ0n) is 12.7. The Morgan fingerprint density at radius 1 is 1.10 bits per heavy atom. The molecule has 0 aliphatic heterocycles. The molecule has 2 aromatic rings. The molecule has 1 unspecified atom stereocenters. The molecule has 20 heavy (non-hydrogen) atoms. The molecule has 1 N–H and O–H groups in total. The molecule has 0 aliphatic carbocycles. The van der Waals surface area contributed by atoms with Crippen molar-refractivity contribution in [2.24, 2.45) is 5.92 Å². The average molecular weight is 271 g/mol. The lowest BCUT2D eigenvalue weighted by atomic mass is 9.95. The van der Waals surface area contributed by atoms with E-state index in [9.17, 15) is 0 Å². The summed E-state index contributed by atoms with van der Waals surface area (Å²) in [6.07, 6.45) is 4.20. The summed E-state index contributed by atoms with van der Waals surface area (Å²) in [5, 5.41) is 7.97. The van der Waals surface area contributed by atoms with Gasteiger partial charge < -0.3 is 5.32 Å². The highest BCUT2D eigenvalue weighted by Crippen LogP contribution is 2.14. The second-order valence-electron chi connectivity index (χ2n) is 5.70. The average Bonchev–Trinajstić information content (AvgIpc) is 2.89. The molecule has 0 radical (unpaired) electrons. The molecule has 3 heteroatoms. The van der Waals surface area contributed by atoms with Gasteiger partial charge in [-0.3, -0.25) is 4.68 Å². The van der Waals surface area contributed by atoms with Crippen LogP contribution in [0.2, 0.25) is 0 Å². The summed E-state index contributed by atoms with van der Waals surface area (Å²) in [5.74, 6) is 0.581. The van der Waals surface area contributed by atoms with Crippen molar-refractivity contribution in [2.45, 2.75) is 32.7 Å².